The molecule has 2 aliphatic rings. The van der Waals surface area contributed by atoms with Gasteiger partial charge in [0.25, 0.3) is 0 Å². The van der Waals surface area contributed by atoms with Crippen LogP contribution in [0.25, 0.3) is 0 Å². The Bertz CT molecular complexity index is 1120. The van der Waals surface area contributed by atoms with E-state index in [2.05, 4.69) is 29.8 Å². The number of piperidine rings is 1. The van der Waals surface area contributed by atoms with E-state index in [-0.39, 0.29) is 27.1 Å². The van der Waals surface area contributed by atoms with E-state index in [9.17, 15) is 18.3 Å². The van der Waals surface area contributed by atoms with Crippen molar-refractivity contribution in [3.63, 3.8) is 0 Å². The summed E-state index contributed by atoms with van der Waals surface area (Å²) < 4.78 is 31.9. The summed E-state index contributed by atoms with van der Waals surface area (Å²) in [5, 5.41) is 18.5. The molecule has 1 aromatic heterocycles. The highest BCUT2D eigenvalue weighted by atomic mass is 35.5. The fourth-order valence-electron chi connectivity index (χ4n) is 4.63. The maximum Gasteiger partial charge on any atom is 0.319 e. The zero-order valence-electron chi connectivity index (χ0n) is 18.1. The van der Waals surface area contributed by atoms with Crippen LogP contribution in [0.15, 0.2) is 33.8 Å². The molecule has 174 valence electrons. The van der Waals surface area contributed by atoms with Crippen LogP contribution >= 0.6 is 11.6 Å². The number of fused-ring (bicyclic) bond motifs is 1. The van der Waals surface area contributed by atoms with Crippen molar-refractivity contribution in [3.05, 3.63) is 40.8 Å². The summed E-state index contributed by atoms with van der Waals surface area (Å²) in [7, 11) is -3.89. The van der Waals surface area contributed by atoms with Crippen molar-refractivity contribution in [2.24, 2.45) is 5.41 Å². The number of phenols is 1. The molecule has 0 bridgehead atoms. The van der Waals surface area contributed by atoms with Gasteiger partial charge in [-0.1, -0.05) is 25.4 Å². The minimum Gasteiger partial charge on any atom is -0.504 e. The Kier molecular flexibility index (Phi) is 6.17. The van der Waals surface area contributed by atoms with Crippen molar-refractivity contribution < 1.29 is 22.7 Å². The number of anilines is 1. The van der Waals surface area contributed by atoms with E-state index in [0.717, 1.165) is 24.9 Å². The second-order valence-corrected chi connectivity index (χ2v) is 11.9. The van der Waals surface area contributed by atoms with Gasteiger partial charge in [-0.2, -0.15) is 0 Å². The quantitative estimate of drug-likeness (QED) is 0.490. The monoisotopic (exact) mass is 481 g/mol. The molecule has 32 heavy (non-hydrogen) atoms. The number of aromatic hydroxyl groups is 1. The van der Waals surface area contributed by atoms with E-state index >= 15 is 0 Å². The summed E-state index contributed by atoms with van der Waals surface area (Å²) in [5.41, 5.74) is 1.01. The molecular weight excluding hydrogens is 454 g/mol. The van der Waals surface area contributed by atoms with Crippen LogP contribution in [-0.2, 0) is 16.3 Å². The van der Waals surface area contributed by atoms with Gasteiger partial charge in [0.1, 0.15) is 10.7 Å². The van der Waals surface area contributed by atoms with Gasteiger partial charge < -0.3 is 25.5 Å². The first-order valence-electron chi connectivity index (χ1n) is 10.7. The molecule has 1 aliphatic heterocycles. The number of benzene rings is 1. The number of furan rings is 1. The molecule has 4 rings (SSSR count). The summed E-state index contributed by atoms with van der Waals surface area (Å²) in [4.78, 5) is 12.4. The minimum absolute atomic E-state index is 0.0213. The van der Waals surface area contributed by atoms with Gasteiger partial charge in [0.05, 0.1) is 28.3 Å². The first kappa shape index (κ1) is 22.9. The fourth-order valence-corrected chi connectivity index (χ4v) is 6.98. The lowest BCUT2D eigenvalue weighted by molar-refractivity contribution is 0.218. The van der Waals surface area contributed by atoms with E-state index in [1.165, 1.54) is 12.1 Å². The third-order valence-corrected chi connectivity index (χ3v) is 8.82. The van der Waals surface area contributed by atoms with Crippen molar-refractivity contribution in [3.8, 4) is 5.75 Å². The number of sulfone groups is 1. The normalized spacial score (nSPS) is 22.7. The van der Waals surface area contributed by atoms with Crippen LogP contribution in [0.2, 0.25) is 5.02 Å². The number of carbonyl (C=O) groups excluding carboxylic acids is 1. The maximum atomic E-state index is 13.1. The molecule has 0 saturated carbocycles. The lowest BCUT2D eigenvalue weighted by Crippen LogP contribution is -2.39. The van der Waals surface area contributed by atoms with Crippen molar-refractivity contribution in [1.82, 2.24) is 10.6 Å². The zero-order valence-corrected chi connectivity index (χ0v) is 19.6. The van der Waals surface area contributed by atoms with Crippen LogP contribution < -0.4 is 16.0 Å². The molecule has 1 fully saturated rings. The number of halogens is 1. The smallest absolute Gasteiger partial charge is 0.319 e. The van der Waals surface area contributed by atoms with Gasteiger partial charge in [-0.05, 0) is 61.4 Å². The van der Waals surface area contributed by atoms with Gasteiger partial charge in [0.15, 0.2) is 15.6 Å². The molecular formula is C22H28ClN3O5S. The molecule has 2 amide bonds. The lowest BCUT2D eigenvalue weighted by atomic mass is 9.74. The molecule has 1 aliphatic carbocycles. The van der Waals surface area contributed by atoms with Crippen molar-refractivity contribution in [2.45, 2.75) is 55.7 Å². The molecule has 0 spiro atoms. The van der Waals surface area contributed by atoms with E-state index < -0.39 is 26.9 Å². The third kappa shape index (κ3) is 4.46. The minimum atomic E-state index is -3.89. The Morgan fingerprint density at radius 3 is 2.81 bits per heavy atom. The predicted octanol–water partition coefficient (Wildman–Crippen LogP) is 4.00. The molecule has 2 unspecified atom stereocenters. The molecule has 2 aromatic rings. The number of phenolic OH excluding ortho intramolecular Hbond substituents is 1. The Labute approximate surface area is 192 Å². The molecule has 2 heterocycles. The largest absolute Gasteiger partial charge is 0.504 e. The van der Waals surface area contributed by atoms with Crippen LogP contribution in [0.1, 0.15) is 50.5 Å². The number of nitrogens with one attached hydrogen (secondary N) is 3. The van der Waals surface area contributed by atoms with Gasteiger partial charge >= 0.3 is 6.03 Å². The molecule has 10 heteroatoms. The van der Waals surface area contributed by atoms with E-state index in [0.29, 0.717) is 25.1 Å². The van der Waals surface area contributed by atoms with Gasteiger partial charge in [-0.25, -0.2) is 13.2 Å². The highest BCUT2D eigenvalue weighted by Gasteiger charge is 2.36. The Morgan fingerprint density at radius 2 is 2.09 bits per heavy atom. The average Bonchev–Trinajstić information content (AvgIpc) is 3.18. The number of hydrogen-bond donors (Lipinski definition) is 4. The Hall–Kier alpha value is -2.23. The second-order valence-electron chi connectivity index (χ2n) is 9.29. The second kappa shape index (κ2) is 8.61. The summed E-state index contributed by atoms with van der Waals surface area (Å²) in [6.45, 7) is 5.29. The zero-order chi connectivity index (χ0) is 23.1. The van der Waals surface area contributed by atoms with Crippen LogP contribution in [-0.4, -0.2) is 37.9 Å². The summed E-state index contributed by atoms with van der Waals surface area (Å²) in [5.74, 6) is 0.161. The van der Waals surface area contributed by atoms with Gasteiger partial charge in [0, 0.05) is 6.54 Å². The number of amides is 2. The average molecular weight is 482 g/mol. The molecule has 1 aromatic carbocycles. The fraction of sp³-hybridized carbons (Fsp3) is 0.500. The highest BCUT2D eigenvalue weighted by molar-refractivity contribution is 7.92. The molecule has 2 atom stereocenters. The number of carbonyl (C=O) groups is 1. The van der Waals surface area contributed by atoms with E-state index in [4.69, 9.17) is 16.0 Å². The number of rotatable bonds is 4. The van der Waals surface area contributed by atoms with Crippen LogP contribution in [0.5, 0.6) is 5.75 Å². The Balaban J connectivity index is 1.55. The SMILES string of the molecule is CC1(C)Cc2ccoc2C(NC(=O)Nc2ccc(Cl)c(S(=O)(=O)C3CCCNC3)c2O)C1. The van der Waals surface area contributed by atoms with E-state index in [1.807, 2.05) is 6.07 Å². The predicted molar refractivity (Wildman–Crippen MR) is 122 cm³/mol. The van der Waals surface area contributed by atoms with Crippen LogP contribution in [0.3, 0.4) is 0 Å². The molecule has 0 radical (unpaired) electrons. The summed E-state index contributed by atoms with van der Waals surface area (Å²) in [6, 6.07) is 3.75. The van der Waals surface area contributed by atoms with Crippen molar-refractivity contribution in [2.75, 3.05) is 18.4 Å². The molecule has 1 saturated heterocycles. The summed E-state index contributed by atoms with van der Waals surface area (Å²) >= 11 is 6.17. The van der Waals surface area contributed by atoms with Crippen LogP contribution in [0.4, 0.5) is 10.5 Å². The standard InChI is InChI=1S/C22H28ClN3O5S/c1-22(2)10-13-7-9-31-19(13)17(11-22)26-21(28)25-16-6-5-15(23)20(18(16)27)32(29,30)14-4-3-8-24-12-14/h5-7,9,14,17,24,27H,3-4,8,10-12H2,1-2H3,(H2,25,26,28). The van der Waals surface area contributed by atoms with Crippen LogP contribution in [0, 0.1) is 5.41 Å². The topological polar surface area (TPSA) is 121 Å². The maximum absolute atomic E-state index is 13.1. The van der Waals surface area contributed by atoms with Gasteiger partial charge in [0.2, 0.25) is 0 Å². The first-order chi connectivity index (χ1) is 15.1. The van der Waals surface area contributed by atoms with Crippen molar-refractivity contribution in [1.29, 1.82) is 0 Å². The third-order valence-electron chi connectivity index (χ3n) is 6.13. The Morgan fingerprint density at radius 1 is 1.31 bits per heavy atom. The number of urea groups is 1. The number of hydrogen-bond acceptors (Lipinski definition) is 6. The van der Waals surface area contributed by atoms with Gasteiger partial charge in [-0.15, -0.1) is 0 Å². The van der Waals surface area contributed by atoms with E-state index in [1.54, 1.807) is 6.26 Å². The molecule has 4 N–H and O–H groups in total. The van der Waals surface area contributed by atoms with Gasteiger partial charge in [-0.3, -0.25) is 0 Å². The molecule has 8 nitrogen and oxygen atoms in total. The lowest BCUT2D eigenvalue weighted by Gasteiger charge is -2.34. The van der Waals surface area contributed by atoms with Crippen molar-refractivity contribution >= 4 is 33.2 Å². The summed E-state index contributed by atoms with van der Waals surface area (Å²) in [6.07, 6.45) is 4.35. The first-order valence-corrected chi connectivity index (χ1v) is 12.6. The highest BCUT2D eigenvalue weighted by Crippen LogP contribution is 2.42.